The molecule has 0 amide bonds. The number of fused-ring (bicyclic) bond motifs is 1. The minimum atomic E-state index is -3.91. The zero-order valence-corrected chi connectivity index (χ0v) is 13.3. The maximum Gasteiger partial charge on any atom is 0.288 e. The first-order valence-electron chi connectivity index (χ1n) is 6.01. The van der Waals surface area contributed by atoms with Crippen molar-refractivity contribution in [2.75, 3.05) is 0 Å². The topological polar surface area (TPSA) is 90.2 Å². The van der Waals surface area contributed by atoms with Crippen molar-refractivity contribution in [1.82, 2.24) is 4.98 Å². The standard InChI is InChI=1S/C13H8N2O4S3/c16-15(17)10-6-2-4-8-12(10)22(18,19)21-13-14-9-5-1-3-7-11(9)20-13/h1-8H. The summed E-state index contributed by atoms with van der Waals surface area (Å²) in [4.78, 5) is 14.2. The van der Waals surface area contributed by atoms with Gasteiger partial charge in [0.1, 0.15) is 0 Å². The number of nitro benzene ring substituents is 1. The first kappa shape index (κ1) is 14.9. The zero-order chi connectivity index (χ0) is 15.7. The van der Waals surface area contributed by atoms with Crippen LogP contribution in [-0.2, 0) is 8.87 Å². The highest BCUT2D eigenvalue weighted by molar-refractivity contribution is 8.72. The lowest BCUT2D eigenvalue weighted by Gasteiger charge is -2.02. The van der Waals surface area contributed by atoms with E-state index in [1.807, 2.05) is 18.2 Å². The van der Waals surface area contributed by atoms with E-state index in [0.29, 0.717) is 20.7 Å². The zero-order valence-electron chi connectivity index (χ0n) is 10.9. The van der Waals surface area contributed by atoms with E-state index >= 15 is 0 Å². The molecule has 0 spiro atoms. The average molecular weight is 352 g/mol. The number of thiazole rings is 1. The summed E-state index contributed by atoms with van der Waals surface area (Å²) in [6.07, 6.45) is 0. The van der Waals surface area contributed by atoms with Crippen LogP contribution >= 0.6 is 22.1 Å². The van der Waals surface area contributed by atoms with Gasteiger partial charge >= 0.3 is 0 Å². The third-order valence-electron chi connectivity index (χ3n) is 2.79. The van der Waals surface area contributed by atoms with Gasteiger partial charge < -0.3 is 0 Å². The number of aromatic nitrogens is 1. The van der Waals surface area contributed by atoms with Crippen LogP contribution in [-0.4, -0.2) is 18.3 Å². The summed E-state index contributed by atoms with van der Waals surface area (Å²) in [6, 6.07) is 12.6. The number of benzene rings is 2. The van der Waals surface area contributed by atoms with Gasteiger partial charge in [0.15, 0.2) is 9.24 Å². The van der Waals surface area contributed by atoms with Crippen molar-refractivity contribution in [3.05, 3.63) is 58.6 Å². The lowest BCUT2D eigenvalue weighted by atomic mass is 10.3. The predicted octanol–water partition coefficient (Wildman–Crippen LogP) is 3.69. The fourth-order valence-corrected chi connectivity index (χ4v) is 6.48. The Labute approximate surface area is 133 Å². The Morgan fingerprint density at radius 3 is 2.50 bits per heavy atom. The highest BCUT2D eigenvalue weighted by Crippen LogP contribution is 2.38. The van der Waals surface area contributed by atoms with E-state index in [1.165, 1.54) is 35.6 Å². The summed E-state index contributed by atoms with van der Waals surface area (Å²) in [7, 11) is -3.38. The Kier molecular flexibility index (Phi) is 3.85. The third-order valence-corrected chi connectivity index (χ3v) is 7.44. The molecule has 3 aromatic rings. The van der Waals surface area contributed by atoms with Crippen LogP contribution in [0.5, 0.6) is 0 Å². The minimum absolute atomic E-state index is 0.316. The molecule has 0 aliphatic rings. The van der Waals surface area contributed by atoms with Gasteiger partial charge in [0, 0.05) is 16.9 Å². The fourth-order valence-electron chi connectivity index (χ4n) is 1.84. The summed E-state index contributed by atoms with van der Waals surface area (Å²) in [5.74, 6) is 0. The van der Waals surface area contributed by atoms with Crippen LogP contribution in [0.4, 0.5) is 5.69 Å². The summed E-state index contributed by atoms with van der Waals surface area (Å²) in [5, 5.41) is 11.0. The molecule has 22 heavy (non-hydrogen) atoms. The third kappa shape index (κ3) is 2.82. The van der Waals surface area contributed by atoms with E-state index in [2.05, 4.69) is 4.98 Å². The van der Waals surface area contributed by atoms with Crippen molar-refractivity contribution >= 4 is 46.9 Å². The normalized spacial score (nSPS) is 11.6. The molecule has 0 saturated carbocycles. The number of hydrogen-bond donors (Lipinski definition) is 0. The molecule has 3 rings (SSSR count). The van der Waals surface area contributed by atoms with Gasteiger partial charge in [0.2, 0.25) is 8.87 Å². The number of hydrogen-bond acceptors (Lipinski definition) is 7. The second kappa shape index (κ2) is 5.67. The van der Waals surface area contributed by atoms with Crippen LogP contribution in [0.25, 0.3) is 10.2 Å². The van der Waals surface area contributed by atoms with Gasteiger partial charge in [0.25, 0.3) is 5.69 Å². The maximum absolute atomic E-state index is 12.4. The molecule has 6 nitrogen and oxygen atoms in total. The van der Waals surface area contributed by atoms with Crippen LogP contribution < -0.4 is 0 Å². The van der Waals surface area contributed by atoms with Crippen molar-refractivity contribution in [2.24, 2.45) is 0 Å². The highest BCUT2D eigenvalue weighted by atomic mass is 33.1. The predicted molar refractivity (Wildman–Crippen MR) is 85.8 cm³/mol. The average Bonchev–Trinajstić information content (AvgIpc) is 2.88. The molecule has 0 saturated heterocycles. The quantitative estimate of drug-likeness (QED) is 0.404. The van der Waals surface area contributed by atoms with E-state index < -0.39 is 19.5 Å². The van der Waals surface area contributed by atoms with Gasteiger partial charge in [-0.15, -0.1) is 11.3 Å². The Bertz CT molecular complexity index is 933. The minimum Gasteiger partial charge on any atom is -0.258 e. The first-order valence-corrected chi connectivity index (χ1v) is 9.64. The first-order chi connectivity index (χ1) is 10.5. The van der Waals surface area contributed by atoms with Gasteiger partial charge in [-0.05, 0) is 18.2 Å². The van der Waals surface area contributed by atoms with E-state index in [4.69, 9.17) is 0 Å². The smallest absolute Gasteiger partial charge is 0.258 e. The van der Waals surface area contributed by atoms with Gasteiger partial charge in [-0.3, -0.25) is 10.1 Å². The lowest BCUT2D eigenvalue weighted by Crippen LogP contribution is -2.00. The summed E-state index contributed by atoms with van der Waals surface area (Å²) < 4.78 is 26.1. The molecule has 0 radical (unpaired) electrons. The number of para-hydroxylation sites is 2. The van der Waals surface area contributed by atoms with Crippen LogP contribution in [0.3, 0.4) is 0 Å². The summed E-state index contributed by atoms with van der Waals surface area (Å²) in [5.41, 5.74) is 0.267. The molecule has 0 N–H and O–H groups in total. The number of nitrogens with zero attached hydrogens (tertiary/aromatic N) is 2. The number of rotatable bonds is 4. The molecule has 0 bridgehead atoms. The van der Waals surface area contributed by atoms with Crippen LogP contribution in [0.1, 0.15) is 0 Å². The van der Waals surface area contributed by atoms with Gasteiger partial charge in [-0.2, -0.15) is 0 Å². The molecule has 0 fully saturated rings. The Balaban J connectivity index is 2.02. The second-order valence-electron chi connectivity index (χ2n) is 4.21. The Morgan fingerprint density at radius 2 is 1.77 bits per heavy atom. The van der Waals surface area contributed by atoms with Crippen LogP contribution in [0.2, 0.25) is 0 Å². The molecule has 0 aliphatic heterocycles. The summed E-state index contributed by atoms with van der Waals surface area (Å²) >= 11 is 1.24. The molecular formula is C13H8N2O4S3. The molecule has 1 aromatic heterocycles. The number of nitro groups is 1. The Morgan fingerprint density at radius 1 is 1.09 bits per heavy atom. The van der Waals surface area contributed by atoms with E-state index in [1.54, 1.807) is 6.07 Å². The van der Waals surface area contributed by atoms with Crippen LogP contribution in [0, 0.1) is 10.1 Å². The largest absolute Gasteiger partial charge is 0.288 e. The molecule has 0 aliphatic carbocycles. The van der Waals surface area contributed by atoms with E-state index in [9.17, 15) is 18.5 Å². The van der Waals surface area contributed by atoms with Crippen molar-refractivity contribution in [1.29, 1.82) is 0 Å². The van der Waals surface area contributed by atoms with Gasteiger partial charge in [0.05, 0.1) is 15.1 Å². The molecule has 0 unspecified atom stereocenters. The Hall–Kier alpha value is -1.97. The fraction of sp³-hybridized carbons (Fsp3) is 0. The monoisotopic (exact) mass is 352 g/mol. The molecule has 9 heteroatoms. The van der Waals surface area contributed by atoms with Crippen molar-refractivity contribution < 1.29 is 13.3 Å². The molecule has 1 heterocycles. The van der Waals surface area contributed by atoms with Gasteiger partial charge in [-0.1, -0.05) is 24.3 Å². The molecular weight excluding hydrogens is 344 g/mol. The highest BCUT2D eigenvalue weighted by Gasteiger charge is 2.27. The van der Waals surface area contributed by atoms with Crippen molar-refractivity contribution in [3.8, 4) is 0 Å². The SMILES string of the molecule is O=[N+]([O-])c1ccccc1S(=O)(=O)Sc1nc2ccccc2s1. The second-order valence-corrected chi connectivity index (χ2v) is 9.22. The van der Waals surface area contributed by atoms with E-state index in [-0.39, 0.29) is 4.90 Å². The lowest BCUT2D eigenvalue weighted by molar-refractivity contribution is -0.387. The summed E-state index contributed by atoms with van der Waals surface area (Å²) in [6.45, 7) is 0. The molecule has 0 atom stereocenters. The molecule has 2 aromatic carbocycles. The van der Waals surface area contributed by atoms with E-state index in [0.717, 1.165) is 4.70 Å². The van der Waals surface area contributed by atoms with Gasteiger partial charge in [-0.25, -0.2) is 13.4 Å². The maximum atomic E-state index is 12.4. The van der Waals surface area contributed by atoms with Crippen molar-refractivity contribution in [3.63, 3.8) is 0 Å². The van der Waals surface area contributed by atoms with Crippen LogP contribution in [0.15, 0.2) is 57.8 Å². The van der Waals surface area contributed by atoms with Crippen molar-refractivity contribution in [2.45, 2.75) is 9.24 Å². The molecule has 112 valence electrons.